The van der Waals surface area contributed by atoms with Gasteiger partial charge in [-0.3, -0.25) is 9.89 Å². The van der Waals surface area contributed by atoms with Gasteiger partial charge in [0.05, 0.1) is 19.3 Å². The van der Waals surface area contributed by atoms with Gasteiger partial charge >= 0.3 is 0 Å². The van der Waals surface area contributed by atoms with E-state index in [0.29, 0.717) is 25.7 Å². The van der Waals surface area contributed by atoms with E-state index in [4.69, 9.17) is 4.74 Å². The Morgan fingerprint density at radius 1 is 1.07 bits per heavy atom. The Hall–Kier alpha value is -1.85. The minimum atomic E-state index is -0.496. The number of nitrogens with zero attached hydrogens (tertiary/aromatic N) is 2. The number of ether oxygens (including phenoxy) is 1. The Balaban J connectivity index is 0.00000320. The third-order valence-corrected chi connectivity index (χ3v) is 4.86. The molecule has 2 aromatic carbocycles. The third-order valence-electron chi connectivity index (χ3n) is 4.86. The summed E-state index contributed by atoms with van der Waals surface area (Å²) in [6.07, 6.45) is 0. The van der Waals surface area contributed by atoms with Crippen molar-refractivity contribution in [2.24, 2.45) is 4.99 Å². The fraction of sp³-hybridized carbons (Fsp3) is 0.381. The van der Waals surface area contributed by atoms with Crippen molar-refractivity contribution in [3.05, 3.63) is 71.0 Å². The van der Waals surface area contributed by atoms with Crippen LogP contribution in [0.5, 0.6) is 0 Å². The van der Waals surface area contributed by atoms with Crippen LogP contribution in [0.3, 0.4) is 0 Å². The zero-order valence-electron chi connectivity index (χ0n) is 16.7. The number of benzene rings is 2. The van der Waals surface area contributed by atoms with E-state index < -0.39 is 11.6 Å². The molecule has 0 bridgehead atoms. The van der Waals surface area contributed by atoms with Crippen LogP contribution in [0.2, 0.25) is 0 Å². The highest BCUT2D eigenvalue weighted by Crippen LogP contribution is 2.22. The van der Waals surface area contributed by atoms with Crippen LogP contribution in [0.25, 0.3) is 0 Å². The molecule has 5 nitrogen and oxygen atoms in total. The molecule has 9 heteroatoms. The molecule has 1 atom stereocenters. The van der Waals surface area contributed by atoms with E-state index in [0.717, 1.165) is 36.9 Å². The van der Waals surface area contributed by atoms with Gasteiger partial charge in [0.1, 0.15) is 17.5 Å². The second-order valence-corrected chi connectivity index (χ2v) is 6.76. The maximum absolute atomic E-state index is 13.8. The summed E-state index contributed by atoms with van der Waals surface area (Å²) in [5, 5.41) is 6.20. The van der Waals surface area contributed by atoms with Crippen LogP contribution in [0.4, 0.5) is 13.2 Å². The SMILES string of the molecule is CN=C(NCc1cc(F)ccc1F)NCC(c1cccc(F)c1)N1CCOCC1.I. The summed E-state index contributed by atoms with van der Waals surface area (Å²) in [6.45, 7) is 3.28. The second kappa shape index (κ2) is 12.1. The summed E-state index contributed by atoms with van der Waals surface area (Å²) in [5.74, 6) is -0.821. The lowest BCUT2D eigenvalue weighted by Gasteiger charge is -2.35. The molecule has 0 saturated carbocycles. The first-order valence-corrected chi connectivity index (χ1v) is 9.52. The van der Waals surface area contributed by atoms with Crippen LogP contribution in [-0.2, 0) is 11.3 Å². The highest BCUT2D eigenvalue weighted by atomic mass is 127. The van der Waals surface area contributed by atoms with Crippen molar-refractivity contribution in [3.63, 3.8) is 0 Å². The lowest BCUT2D eigenvalue weighted by Crippen LogP contribution is -2.46. The lowest BCUT2D eigenvalue weighted by atomic mass is 10.0. The Bertz CT molecular complexity index is 847. The van der Waals surface area contributed by atoms with Crippen molar-refractivity contribution in [1.29, 1.82) is 0 Å². The van der Waals surface area contributed by atoms with Crippen molar-refractivity contribution in [2.75, 3.05) is 39.9 Å². The molecule has 2 aromatic rings. The second-order valence-electron chi connectivity index (χ2n) is 6.76. The van der Waals surface area contributed by atoms with Gasteiger partial charge in [0, 0.05) is 38.8 Å². The largest absolute Gasteiger partial charge is 0.379 e. The van der Waals surface area contributed by atoms with Crippen molar-refractivity contribution in [1.82, 2.24) is 15.5 Å². The molecule has 0 aromatic heterocycles. The Labute approximate surface area is 191 Å². The highest BCUT2D eigenvalue weighted by Gasteiger charge is 2.23. The molecule has 0 spiro atoms. The van der Waals surface area contributed by atoms with Gasteiger partial charge in [-0.05, 0) is 35.9 Å². The molecule has 3 rings (SSSR count). The molecule has 1 saturated heterocycles. The summed E-state index contributed by atoms with van der Waals surface area (Å²) < 4.78 is 46.4. The predicted octanol–water partition coefficient (Wildman–Crippen LogP) is 3.46. The van der Waals surface area contributed by atoms with E-state index in [9.17, 15) is 13.2 Å². The van der Waals surface area contributed by atoms with E-state index in [2.05, 4.69) is 20.5 Å². The fourth-order valence-electron chi connectivity index (χ4n) is 3.33. The van der Waals surface area contributed by atoms with Crippen molar-refractivity contribution >= 4 is 29.9 Å². The fourth-order valence-corrected chi connectivity index (χ4v) is 3.33. The molecule has 2 N–H and O–H groups in total. The molecule has 0 aliphatic carbocycles. The standard InChI is InChI=1S/C21H25F3N4O.HI/c1-25-21(26-13-16-12-18(23)5-6-19(16)24)27-14-20(28-7-9-29-10-8-28)15-3-2-4-17(22)11-15;/h2-6,11-12,20H,7-10,13-14H2,1H3,(H2,25,26,27);1H. The van der Waals surface area contributed by atoms with Gasteiger partial charge in [0.15, 0.2) is 5.96 Å². The van der Waals surface area contributed by atoms with E-state index in [-0.39, 0.29) is 47.9 Å². The van der Waals surface area contributed by atoms with E-state index in [1.807, 2.05) is 6.07 Å². The van der Waals surface area contributed by atoms with Crippen LogP contribution >= 0.6 is 24.0 Å². The maximum Gasteiger partial charge on any atom is 0.191 e. The zero-order valence-corrected chi connectivity index (χ0v) is 19.0. The summed E-state index contributed by atoms with van der Waals surface area (Å²) in [6, 6.07) is 9.78. The van der Waals surface area contributed by atoms with Gasteiger partial charge in [0.25, 0.3) is 0 Å². The molecule has 1 aliphatic heterocycles. The normalized spacial score (nSPS) is 15.9. The molecule has 30 heavy (non-hydrogen) atoms. The summed E-state index contributed by atoms with van der Waals surface area (Å²) in [7, 11) is 1.60. The molecule has 1 unspecified atom stereocenters. The number of rotatable bonds is 6. The molecule has 164 valence electrons. The lowest BCUT2D eigenvalue weighted by molar-refractivity contribution is 0.0169. The molecule has 0 amide bonds. The monoisotopic (exact) mass is 534 g/mol. The zero-order chi connectivity index (χ0) is 20.6. The molecule has 1 aliphatic rings. The first-order valence-electron chi connectivity index (χ1n) is 9.52. The number of halogens is 4. The van der Waals surface area contributed by atoms with Crippen LogP contribution in [0.1, 0.15) is 17.2 Å². The number of nitrogens with one attached hydrogen (secondary N) is 2. The van der Waals surface area contributed by atoms with Gasteiger partial charge in [-0.1, -0.05) is 12.1 Å². The van der Waals surface area contributed by atoms with Gasteiger partial charge in [-0.2, -0.15) is 0 Å². The maximum atomic E-state index is 13.8. The quantitative estimate of drug-likeness (QED) is 0.339. The van der Waals surface area contributed by atoms with Crippen LogP contribution in [0, 0.1) is 17.5 Å². The molecular formula is C21H26F3IN4O. The van der Waals surface area contributed by atoms with E-state index in [1.54, 1.807) is 13.1 Å². The number of hydrogen-bond acceptors (Lipinski definition) is 3. The summed E-state index contributed by atoms with van der Waals surface area (Å²) in [5.41, 5.74) is 1.06. The van der Waals surface area contributed by atoms with Crippen LogP contribution in [-0.4, -0.2) is 50.8 Å². The first kappa shape index (κ1) is 24.4. The average Bonchev–Trinajstić information content (AvgIpc) is 2.73. The molecular weight excluding hydrogens is 508 g/mol. The Kier molecular flexibility index (Phi) is 9.86. The number of morpholine rings is 1. The number of guanidine groups is 1. The van der Waals surface area contributed by atoms with Crippen molar-refractivity contribution in [2.45, 2.75) is 12.6 Å². The first-order chi connectivity index (χ1) is 14.1. The molecule has 1 fully saturated rings. The molecule has 1 heterocycles. The predicted molar refractivity (Wildman–Crippen MR) is 122 cm³/mol. The van der Waals surface area contributed by atoms with Gasteiger partial charge in [-0.15, -0.1) is 24.0 Å². The van der Waals surface area contributed by atoms with Crippen molar-refractivity contribution < 1.29 is 17.9 Å². The Morgan fingerprint density at radius 2 is 1.80 bits per heavy atom. The van der Waals surface area contributed by atoms with Crippen LogP contribution < -0.4 is 10.6 Å². The minimum Gasteiger partial charge on any atom is -0.379 e. The third kappa shape index (κ3) is 6.85. The van der Waals surface area contributed by atoms with E-state index >= 15 is 0 Å². The number of aliphatic imine (C=N–C) groups is 1. The minimum absolute atomic E-state index is 0. The van der Waals surface area contributed by atoms with Gasteiger partial charge in [0.2, 0.25) is 0 Å². The van der Waals surface area contributed by atoms with E-state index in [1.165, 1.54) is 12.1 Å². The topological polar surface area (TPSA) is 48.9 Å². The molecule has 0 radical (unpaired) electrons. The van der Waals surface area contributed by atoms with Crippen molar-refractivity contribution in [3.8, 4) is 0 Å². The average molecular weight is 534 g/mol. The van der Waals surface area contributed by atoms with Gasteiger partial charge in [-0.25, -0.2) is 13.2 Å². The van der Waals surface area contributed by atoms with Crippen LogP contribution in [0.15, 0.2) is 47.5 Å². The summed E-state index contributed by atoms with van der Waals surface area (Å²) in [4.78, 5) is 6.37. The highest BCUT2D eigenvalue weighted by molar-refractivity contribution is 14.0. The smallest absolute Gasteiger partial charge is 0.191 e. The number of hydrogen-bond donors (Lipinski definition) is 2. The summed E-state index contributed by atoms with van der Waals surface area (Å²) >= 11 is 0. The van der Waals surface area contributed by atoms with Gasteiger partial charge < -0.3 is 15.4 Å². The Morgan fingerprint density at radius 3 is 2.50 bits per heavy atom.